The SMILES string of the molecule is CC1CC(C)C(C)N(Cc2ccc(F)c(C#CCO)c2)C1. The molecule has 1 saturated heterocycles. The first kappa shape index (κ1) is 16.0. The van der Waals surface area contributed by atoms with E-state index in [1.54, 1.807) is 6.07 Å². The summed E-state index contributed by atoms with van der Waals surface area (Å²) < 4.78 is 13.7. The molecular weight excluding hydrogens is 265 g/mol. The van der Waals surface area contributed by atoms with Crippen LogP contribution in [-0.4, -0.2) is 29.2 Å². The molecule has 1 aromatic rings. The van der Waals surface area contributed by atoms with Crippen molar-refractivity contribution in [2.45, 2.75) is 39.8 Å². The maximum absolute atomic E-state index is 13.7. The summed E-state index contributed by atoms with van der Waals surface area (Å²) in [7, 11) is 0. The Morgan fingerprint density at radius 2 is 2.10 bits per heavy atom. The quantitative estimate of drug-likeness (QED) is 0.846. The van der Waals surface area contributed by atoms with Crippen LogP contribution in [0.15, 0.2) is 18.2 Å². The third-order valence-corrected chi connectivity index (χ3v) is 4.44. The van der Waals surface area contributed by atoms with E-state index in [4.69, 9.17) is 5.11 Å². The molecule has 0 aromatic heterocycles. The normalized spacial score (nSPS) is 26.2. The number of halogens is 1. The lowest BCUT2D eigenvalue weighted by Gasteiger charge is -2.41. The number of nitrogens with zero attached hydrogens (tertiary/aromatic N) is 1. The van der Waals surface area contributed by atoms with E-state index >= 15 is 0 Å². The van der Waals surface area contributed by atoms with Crippen LogP contribution < -0.4 is 0 Å². The van der Waals surface area contributed by atoms with Gasteiger partial charge in [0, 0.05) is 19.1 Å². The minimum atomic E-state index is -0.326. The summed E-state index contributed by atoms with van der Waals surface area (Å²) in [5, 5.41) is 8.74. The summed E-state index contributed by atoms with van der Waals surface area (Å²) in [4.78, 5) is 2.47. The number of hydrogen-bond donors (Lipinski definition) is 1. The van der Waals surface area contributed by atoms with Gasteiger partial charge in [-0.3, -0.25) is 4.90 Å². The van der Waals surface area contributed by atoms with Crippen molar-refractivity contribution in [3.8, 4) is 11.8 Å². The second-order valence-electron chi connectivity index (χ2n) is 6.26. The summed E-state index contributed by atoms with van der Waals surface area (Å²) in [6.07, 6.45) is 1.27. The van der Waals surface area contributed by atoms with E-state index in [2.05, 4.69) is 37.5 Å². The molecule has 2 rings (SSSR count). The summed E-state index contributed by atoms with van der Waals surface area (Å²) in [5.74, 6) is 6.24. The molecule has 0 radical (unpaired) electrons. The lowest BCUT2D eigenvalue weighted by atomic mass is 9.85. The van der Waals surface area contributed by atoms with E-state index < -0.39 is 0 Å². The van der Waals surface area contributed by atoms with Gasteiger partial charge >= 0.3 is 0 Å². The van der Waals surface area contributed by atoms with Crippen LogP contribution in [0, 0.1) is 29.5 Å². The van der Waals surface area contributed by atoms with E-state index in [0.717, 1.165) is 18.7 Å². The molecule has 21 heavy (non-hydrogen) atoms. The standard InChI is InChI=1S/C18H24FNO/c1-13-9-14(2)15(3)20(11-13)12-16-6-7-18(19)17(10-16)5-4-8-21/h6-7,10,13-15,21H,8-9,11-12H2,1-3H3. The van der Waals surface area contributed by atoms with Crippen molar-refractivity contribution in [3.63, 3.8) is 0 Å². The van der Waals surface area contributed by atoms with Crippen LogP contribution in [0.3, 0.4) is 0 Å². The van der Waals surface area contributed by atoms with Crippen molar-refractivity contribution in [2.75, 3.05) is 13.2 Å². The number of rotatable bonds is 2. The minimum absolute atomic E-state index is 0.248. The molecule has 3 unspecified atom stereocenters. The average molecular weight is 289 g/mol. The zero-order chi connectivity index (χ0) is 15.4. The van der Waals surface area contributed by atoms with Gasteiger partial charge in [-0.1, -0.05) is 31.8 Å². The Morgan fingerprint density at radius 1 is 1.33 bits per heavy atom. The van der Waals surface area contributed by atoms with Gasteiger partial charge in [0.1, 0.15) is 12.4 Å². The summed E-state index contributed by atoms with van der Waals surface area (Å²) in [6.45, 7) is 8.52. The number of benzene rings is 1. The molecule has 0 saturated carbocycles. The van der Waals surface area contributed by atoms with Crippen molar-refractivity contribution in [3.05, 3.63) is 35.1 Å². The third-order valence-electron chi connectivity index (χ3n) is 4.44. The summed E-state index contributed by atoms with van der Waals surface area (Å²) >= 11 is 0. The van der Waals surface area contributed by atoms with E-state index in [-0.39, 0.29) is 12.4 Å². The fraction of sp³-hybridized carbons (Fsp3) is 0.556. The van der Waals surface area contributed by atoms with Gasteiger partial charge in [0.15, 0.2) is 0 Å². The lowest BCUT2D eigenvalue weighted by Crippen LogP contribution is -2.45. The Labute approximate surface area is 127 Å². The van der Waals surface area contributed by atoms with Gasteiger partial charge in [0.05, 0.1) is 5.56 Å². The predicted octanol–water partition coefficient (Wildman–Crippen LogP) is 3.04. The molecule has 1 heterocycles. The van der Waals surface area contributed by atoms with E-state index in [1.807, 2.05) is 6.07 Å². The van der Waals surface area contributed by atoms with Crippen molar-refractivity contribution >= 4 is 0 Å². The monoisotopic (exact) mass is 289 g/mol. The first-order chi connectivity index (χ1) is 10.0. The zero-order valence-corrected chi connectivity index (χ0v) is 13.1. The van der Waals surface area contributed by atoms with Crippen molar-refractivity contribution in [1.82, 2.24) is 4.90 Å². The van der Waals surface area contributed by atoms with Gasteiger partial charge in [-0.25, -0.2) is 4.39 Å². The Hall–Kier alpha value is -1.37. The fourth-order valence-electron chi connectivity index (χ4n) is 3.18. The van der Waals surface area contributed by atoms with Crippen LogP contribution >= 0.6 is 0 Å². The van der Waals surface area contributed by atoms with Crippen molar-refractivity contribution in [1.29, 1.82) is 0 Å². The average Bonchev–Trinajstić information content (AvgIpc) is 2.44. The molecule has 1 N–H and O–H groups in total. The second-order valence-corrected chi connectivity index (χ2v) is 6.26. The minimum Gasteiger partial charge on any atom is -0.384 e. The molecule has 1 aromatic carbocycles. The molecule has 3 heteroatoms. The Morgan fingerprint density at radius 3 is 2.81 bits per heavy atom. The third kappa shape index (κ3) is 4.06. The smallest absolute Gasteiger partial charge is 0.138 e. The summed E-state index contributed by atoms with van der Waals surface area (Å²) in [5.41, 5.74) is 1.44. The van der Waals surface area contributed by atoms with Crippen molar-refractivity contribution in [2.24, 2.45) is 11.8 Å². The highest BCUT2D eigenvalue weighted by Gasteiger charge is 2.28. The molecule has 1 aliphatic rings. The fourth-order valence-corrected chi connectivity index (χ4v) is 3.18. The highest BCUT2D eigenvalue weighted by molar-refractivity contribution is 5.38. The maximum Gasteiger partial charge on any atom is 0.138 e. The maximum atomic E-state index is 13.7. The Kier molecular flexibility index (Phi) is 5.39. The number of aliphatic hydroxyl groups excluding tert-OH is 1. The molecular formula is C18H24FNO. The molecule has 114 valence electrons. The van der Waals surface area contributed by atoms with Crippen LogP contribution in [0.5, 0.6) is 0 Å². The largest absolute Gasteiger partial charge is 0.384 e. The van der Waals surface area contributed by atoms with Gasteiger partial charge in [-0.15, -0.1) is 0 Å². The van der Waals surface area contributed by atoms with Gasteiger partial charge in [-0.2, -0.15) is 0 Å². The topological polar surface area (TPSA) is 23.5 Å². The van der Waals surface area contributed by atoms with Crippen LogP contribution in [0.1, 0.15) is 38.3 Å². The number of piperidine rings is 1. The molecule has 0 amide bonds. The lowest BCUT2D eigenvalue weighted by molar-refractivity contribution is 0.0729. The van der Waals surface area contributed by atoms with Crippen LogP contribution in [-0.2, 0) is 6.54 Å². The number of likely N-dealkylation sites (tertiary alicyclic amines) is 1. The Balaban J connectivity index is 2.15. The molecule has 0 aliphatic carbocycles. The highest BCUT2D eigenvalue weighted by atomic mass is 19.1. The molecule has 0 spiro atoms. The van der Waals surface area contributed by atoms with Crippen LogP contribution in [0.4, 0.5) is 4.39 Å². The number of aliphatic hydroxyl groups is 1. The highest BCUT2D eigenvalue weighted by Crippen LogP contribution is 2.28. The van der Waals surface area contributed by atoms with E-state index in [0.29, 0.717) is 23.4 Å². The molecule has 1 fully saturated rings. The number of hydrogen-bond acceptors (Lipinski definition) is 2. The first-order valence-corrected chi connectivity index (χ1v) is 7.63. The molecule has 0 bridgehead atoms. The van der Waals surface area contributed by atoms with E-state index in [9.17, 15) is 4.39 Å². The van der Waals surface area contributed by atoms with Gasteiger partial charge in [0.25, 0.3) is 0 Å². The molecule has 2 nitrogen and oxygen atoms in total. The summed E-state index contributed by atoms with van der Waals surface area (Å²) in [6, 6.07) is 5.64. The van der Waals surface area contributed by atoms with Gasteiger partial charge < -0.3 is 5.11 Å². The first-order valence-electron chi connectivity index (χ1n) is 7.63. The van der Waals surface area contributed by atoms with E-state index in [1.165, 1.54) is 12.5 Å². The zero-order valence-electron chi connectivity index (χ0n) is 13.1. The predicted molar refractivity (Wildman–Crippen MR) is 83.2 cm³/mol. The van der Waals surface area contributed by atoms with Crippen molar-refractivity contribution < 1.29 is 9.50 Å². The molecule has 1 aliphatic heterocycles. The van der Waals surface area contributed by atoms with Crippen LogP contribution in [0.25, 0.3) is 0 Å². The Bertz CT molecular complexity index is 546. The second kappa shape index (κ2) is 7.06. The van der Waals surface area contributed by atoms with Gasteiger partial charge in [0.2, 0.25) is 0 Å². The van der Waals surface area contributed by atoms with Gasteiger partial charge in [-0.05, 0) is 42.9 Å². The van der Waals surface area contributed by atoms with Crippen LogP contribution in [0.2, 0.25) is 0 Å². The molecule has 3 atom stereocenters.